The van der Waals surface area contributed by atoms with E-state index in [0.29, 0.717) is 18.1 Å². The summed E-state index contributed by atoms with van der Waals surface area (Å²) in [6, 6.07) is 20.9. The molecule has 0 spiro atoms. The molecule has 2 aliphatic rings. The number of fused-ring (bicyclic) bond motifs is 1. The van der Waals surface area contributed by atoms with Gasteiger partial charge in [0.15, 0.2) is 0 Å². The van der Waals surface area contributed by atoms with Crippen LogP contribution >= 0.6 is 0 Å². The van der Waals surface area contributed by atoms with Gasteiger partial charge in [-0.1, -0.05) is 38.1 Å². The van der Waals surface area contributed by atoms with Crippen LogP contribution in [0.25, 0.3) is 11.1 Å². The first-order valence-corrected chi connectivity index (χ1v) is 12.7. The Morgan fingerprint density at radius 1 is 1.03 bits per heavy atom. The normalized spacial score (nSPS) is 20.1. The summed E-state index contributed by atoms with van der Waals surface area (Å²) >= 11 is 0. The molecule has 1 saturated heterocycles. The molecular formula is C31H35NO4. The molecule has 1 unspecified atom stereocenters. The summed E-state index contributed by atoms with van der Waals surface area (Å²) in [4.78, 5) is 2.51. The summed E-state index contributed by atoms with van der Waals surface area (Å²) < 4.78 is 12.6. The topological polar surface area (TPSA) is 62.2 Å². The molecule has 2 heterocycles. The van der Waals surface area contributed by atoms with Gasteiger partial charge >= 0.3 is 0 Å². The van der Waals surface area contributed by atoms with Crippen LogP contribution in [0.15, 0.2) is 66.7 Å². The first-order chi connectivity index (χ1) is 17.2. The molecule has 3 aromatic carbocycles. The van der Waals surface area contributed by atoms with Gasteiger partial charge in [-0.05, 0) is 91.4 Å². The third-order valence-corrected chi connectivity index (χ3v) is 7.44. The number of allylic oxidation sites excluding steroid dienone is 1. The molecule has 0 bridgehead atoms. The Balaban J connectivity index is 1.39. The van der Waals surface area contributed by atoms with Crippen LogP contribution in [0.3, 0.4) is 0 Å². The maximum Gasteiger partial charge on any atom is 0.150 e. The van der Waals surface area contributed by atoms with E-state index in [2.05, 4.69) is 25.7 Å². The fourth-order valence-corrected chi connectivity index (χ4v) is 5.31. The lowest BCUT2D eigenvalue weighted by molar-refractivity contribution is 0.160. The zero-order valence-electron chi connectivity index (χ0n) is 21.5. The molecule has 36 heavy (non-hydrogen) atoms. The average molecular weight is 486 g/mol. The van der Waals surface area contributed by atoms with Gasteiger partial charge in [-0.25, -0.2) is 0 Å². The van der Waals surface area contributed by atoms with Crippen molar-refractivity contribution in [2.45, 2.75) is 46.3 Å². The lowest BCUT2D eigenvalue weighted by atomic mass is 9.86. The van der Waals surface area contributed by atoms with Gasteiger partial charge in [0.25, 0.3) is 0 Å². The van der Waals surface area contributed by atoms with Crippen molar-refractivity contribution in [1.29, 1.82) is 0 Å². The van der Waals surface area contributed by atoms with Gasteiger partial charge in [0.2, 0.25) is 0 Å². The molecule has 3 aromatic rings. The Morgan fingerprint density at radius 2 is 1.78 bits per heavy atom. The van der Waals surface area contributed by atoms with Crippen molar-refractivity contribution >= 4 is 11.1 Å². The second kappa shape index (κ2) is 9.55. The van der Waals surface area contributed by atoms with E-state index in [1.807, 2.05) is 43.3 Å². The lowest BCUT2D eigenvalue weighted by Crippen LogP contribution is -2.36. The quantitative estimate of drug-likeness (QED) is 0.409. The van der Waals surface area contributed by atoms with Gasteiger partial charge in [-0.3, -0.25) is 4.90 Å². The van der Waals surface area contributed by atoms with Crippen molar-refractivity contribution in [2.75, 3.05) is 19.7 Å². The Labute approximate surface area is 213 Å². The number of rotatable bonds is 6. The fourth-order valence-electron chi connectivity index (χ4n) is 5.31. The van der Waals surface area contributed by atoms with Gasteiger partial charge in [0.1, 0.15) is 35.7 Å². The number of hydrogen-bond donors (Lipinski definition) is 2. The van der Waals surface area contributed by atoms with Crippen molar-refractivity contribution < 1.29 is 19.7 Å². The monoisotopic (exact) mass is 485 g/mol. The summed E-state index contributed by atoms with van der Waals surface area (Å²) in [5, 5.41) is 20.2. The van der Waals surface area contributed by atoms with Gasteiger partial charge in [-0.15, -0.1) is 0 Å². The minimum Gasteiger partial charge on any atom is -0.508 e. The zero-order valence-corrected chi connectivity index (χ0v) is 21.5. The predicted octanol–water partition coefficient (Wildman–Crippen LogP) is 6.66. The Kier molecular flexibility index (Phi) is 6.44. The van der Waals surface area contributed by atoms with Gasteiger partial charge in [0.05, 0.1) is 0 Å². The summed E-state index contributed by atoms with van der Waals surface area (Å²) in [5.41, 5.74) is 5.07. The Bertz CT molecular complexity index is 1280. The highest BCUT2D eigenvalue weighted by Gasteiger charge is 2.32. The summed E-state index contributed by atoms with van der Waals surface area (Å²) in [7, 11) is 0. The first kappa shape index (κ1) is 24.3. The Hall–Kier alpha value is -3.44. The largest absolute Gasteiger partial charge is 0.508 e. The molecule has 0 aromatic heterocycles. The summed E-state index contributed by atoms with van der Waals surface area (Å²) in [5.74, 6) is 1.96. The highest BCUT2D eigenvalue weighted by molar-refractivity contribution is 5.95. The predicted molar refractivity (Wildman–Crippen MR) is 143 cm³/mol. The molecule has 0 saturated carbocycles. The van der Waals surface area contributed by atoms with Crippen LogP contribution < -0.4 is 9.47 Å². The standard InChI is InChI=1S/C31H35NO4/c1-20(32-15-14-31(3,4)19-32)18-35-26-11-8-22(9-12-26)30-29(23-6-5-7-24(33)16-23)21(2)27-17-25(34)10-13-28(27)36-30/h5-13,16-17,20,30,33-34H,14-15,18-19H2,1-4H3/t20-,30?/m0/s1. The SMILES string of the molecule is CC1=C(c2cccc(O)c2)C(c2ccc(OC[C@H](C)N3CCC(C)(C)C3)cc2)Oc2ccc(O)cc21. The number of hydrogen-bond acceptors (Lipinski definition) is 5. The molecule has 1 fully saturated rings. The van der Waals surface area contributed by atoms with Crippen molar-refractivity contribution in [2.24, 2.45) is 5.41 Å². The molecule has 0 radical (unpaired) electrons. The van der Waals surface area contributed by atoms with Gasteiger partial charge < -0.3 is 19.7 Å². The third-order valence-electron chi connectivity index (χ3n) is 7.44. The molecular weight excluding hydrogens is 450 g/mol. The van der Waals surface area contributed by atoms with Crippen molar-refractivity contribution in [3.8, 4) is 23.0 Å². The zero-order chi connectivity index (χ0) is 25.4. The van der Waals surface area contributed by atoms with Crippen molar-refractivity contribution in [3.63, 3.8) is 0 Å². The fraction of sp³-hybridized carbons (Fsp3) is 0.355. The van der Waals surface area contributed by atoms with E-state index < -0.39 is 0 Å². The molecule has 0 aliphatic carbocycles. The number of nitrogens with zero attached hydrogens (tertiary/aromatic N) is 1. The molecule has 2 N–H and O–H groups in total. The van der Waals surface area contributed by atoms with E-state index >= 15 is 0 Å². The Morgan fingerprint density at radius 3 is 2.47 bits per heavy atom. The number of ether oxygens (including phenoxy) is 2. The maximum absolute atomic E-state index is 10.2. The number of likely N-dealkylation sites (tertiary alicyclic amines) is 1. The third kappa shape index (κ3) is 4.93. The maximum atomic E-state index is 10.2. The van der Waals surface area contributed by atoms with E-state index in [1.165, 1.54) is 6.42 Å². The van der Waals surface area contributed by atoms with Crippen molar-refractivity contribution in [3.05, 3.63) is 83.4 Å². The van der Waals surface area contributed by atoms with Gasteiger partial charge in [-0.2, -0.15) is 0 Å². The minimum absolute atomic E-state index is 0.193. The van der Waals surface area contributed by atoms with Crippen LogP contribution in [-0.2, 0) is 0 Å². The molecule has 0 amide bonds. The van der Waals surface area contributed by atoms with Crippen LogP contribution in [0, 0.1) is 5.41 Å². The molecule has 188 valence electrons. The number of phenols is 2. The van der Waals surface area contributed by atoms with Crippen LogP contribution in [0.2, 0.25) is 0 Å². The van der Waals surface area contributed by atoms with E-state index in [-0.39, 0.29) is 17.6 Å². The van der Waals surface area contributed by atoms with Crippen LogP contribution in [0.5, 0.6) is 23.0 Å². The second-order valence-corrected chi connectivity index (χ2v) is 10.9. The van der Waals surface area contributed by atoms with E-state index in [0.717, 1.165) is 52.4 Å². The van der Waals surface area contributed by atoms with Crippen LogP contribution in [0.4, 0.5) is 0 Å². The lowest BCUT2D eigenvalue weighted by Gasteiger charge is -2.31. The highest BCUT2D eigenvalue weighted by Crippen LogP contribution is 2.47. The molecule has 5 nitrogen and oxygen atoms in total. The smallest absolute Gasteiger partial charge is 0.150 e. The number of benzene rings is 3. The van der Waals surface area contributed by atoms with Crippen LogP contribution in [0.1, 0.15) is 56.9 Å². The highest BCUT2D eigenvalue weighted by atomic mass is 16.5. The summed E-state index contributed by atoms with van der Waals surface area (Å²) in [6.45, 7) is 11.8. The molecule has 2 aliphatic heterocycles. The van der Waals surface area contributed by atoms with E-state index in [4.69, 9.17) is 9.47 Å². The van der Waals surface area contributed by atoms with E-state index in [9.17, 15) is 10.2 Å². The van der Waals surface area contributed by atoms with Gasteiger partial charge in [0, 0.05) is 23.7 Å². The molecule has 5 rings (SSSR count). The molecule has 5 heteroatoms. The first-order valence-electron chi connectivity index (χ1n) is 12.7. The average Bonchev–Trinajstić information content (AvgIpc) is 3.23. The summed E-state index contributed by atoms with van der Waals surface area (Å²) in [6.07, 6.45) is 0.869. The van der Waals surface area contributed by atoms with E-state index in [1.54, 1.807) is 30.3 Å². The number of aromatic hydroxyl groups is 2. The second-order valence-electron chi connectivity index (χ2n) is 10.9. The minimum atomic E-state index is -0.358. The van der Waals surface area contributed by atoms with Crippen LogP contribution in [-0.4, -0.2) is 40.9 Å². The number of phenolic OH excluding ortho intramolecular Hbond substituents is 2. The van der Waals surface area contributed by atoms with Crippen molar-refractivity contribution in [1.82, 2.24) is 4.90 Å². The molecule has 2 atom stereocenters.